The topological polar surface area (TPSA) is 73.5 Å². The van der Waals surface area contributed by atoms with E-state index >= 15 is 0 Å². The Bertz CT molecular complexity index is 634. The van der Waals surface area contributed by atoms with E-state index in [1.807, 2.05) is 4.90 Å². The van der Waals surface area contributed by atoms with Crippen molar-refractivity contribution < 1.29 is 9.53 Å². The van der Waals surface area contributed by atoms with Gasteiger partial charge in [0.15, 0.2) is 5.69 Å². The molecule has 1 aromatic heterocycles. The monoisotopic (exact) mass is 397 g/mol. The Hall–Kier alpha value is -1.15. The van der Waals surface area contributed by atoms with Gasteiger partial charge >= 0.3 is 0 Å². The molecule has 7 nitrogen and oxygen atoms in total. The van der Waals surface area contributed by atoms with E-state index in [-0.39, 0.29) is 18.3 Å². The van der Waals surface area contributed by atoms with Crippen LogP contribution in [0.2, 0.25) is 0 Å². The molecule has 2 N–H and O–H groups in total. The largest absolute Gasteiger partial charge is 0.373 e. The van der Waals surface area contributed by atoms with Crippen molar-refractivity contribution in [1.82, 2.24) is 25.3 Å². The van der Waals surface area contributed by atoms with E-state index < -0.39 is 0 Å². The van der Waals surface area contributed by atoms with Gasteiger partial charge in [-0.15, -0.1) is 12.4 Å². The third kappa shape index (κ3) is 4.65. The highest BCUT2D eigenvalue weighted by Crippen LogP contribution is 2.23. The third-order valence-corrected chi connectivity index (χ3v) is 5.92. The number of hydrogen-bond acceptors (Lipinski definition) is 5. The molecule has 1 aromatic rings. The quantitative estimate of drug-likeness (QED) is 0.807. The maximum absolute atomic E-state index is 12.9. The van der Waals surface area contributed by atoms with Crippen molar-refractivity contribution in [3.05, 3.63) is 17.0 Å². The Labute approximate surface area is 167 Å². The molecule has 4 heterocycles. The molecule has 4 rings (SSSR count). The number of carbonyl (C=O) groups is 1. The highest BCUT2D eigenvalue weighted by atomic mass is 35.5. The van der Waals surface area contributed by atoms with Gasteiger partial charge < -0.3 is 15.0 Å². The lowest BCUT2D eigenvalue weighted by molar-refractivity contribution is -0.0728. The Morgan fingerprint density at radius 2 is 1.93 bits per heavy atom. The van der Waals surface area contributed by atoms with Crippen LogP contribution in [0, 0.1) is 5.92 Å². The second-order valence-electron chi connectivity index (χ2n) is 8.17. The highest BCUT2D eigenvalue weighted by Gasteiger charge is 2.30. The smallest absolute Gasteiger partial charge is 0.274 e. The molecule has 3 aliphatic rings. The second kappa shape index (κ2) is 8.90. The van der Waals surface area contributed by atoms with Crippen LogP contribution in [0.25, 0.3) is 0 Å². The van der Waals surface area contributed by atoms with Gasteiger partial charge in [0.1, 0.15) is 0 Å². The number of piperidine rings is 1. The molecule has 2 atom stereocenters. The number of aromatic amines is 1. The van der Waals surface area contributed by atoms with Gasteiger partial charge in [-0.25, -0.2) is 0 Å². The minimum atomic E-state index is 0. The predicted octanol–water partition coefficient (Wildman–Crippen LogP) is 1.44. The summed E-state index contributed by atoms with van der Waals surface area (Å²) >= 11 is 0. The second-order valence-corrected chi connectivity index (χ2v) is 8.17. The summed E-state index contributed by atoms with van der Waals surface area (Å²) in [5.41, 5.74) is 2.82. The summed E-state index contributed by atoms with van der Waals surface area (Å²) in [6, 6.07) is 0. The number of likely N-dealkylation sites (tertiary alicyclic amines) is 1. The summed E-state index contributed by atoms with van der Waals surface area (Å²) in [6.45, 7) is 10.9. The van der Waals surface area contributed by atoms with Crippen molar-refractivity contribution in [1.29, 1.82) is 0 Å². The van der Waals surface area contributed by atoms with Gasteiger partial charge in [0.25, 0.3) is 5.91 Å². The zero-order valence-corrected chi connectivity index (χ0v) is 17.2. The van der Waals surface area contributed by atoms with Crippen LogP contribution in [0.4, 0.5) is 0 Å². The van der Waals surface area contributed by atoms with E-state index in [1.54, 1.807) is 0 Å². The van der Waals surface area contributed by atoms with Crippen molar-refractivity contribution in [3.8, 4) is 0 Å². The SMILES string of the molecule is CC1CN(CC2CCN(C(=O)c3n[nH]c4c3CNCC4)CC2)CC(C)O1.Cl. The molecule has 0 spiro atoms. The average Bonchev–Trinajstić information content (AvgIpc) is 3.05. The fraction of sp³-hybridized carbons (Fsp3) is 0.789. The molecule has 2 unspecified atom stereocenters. The molecule has 152 valence electrons. The van der Waals surface area contributed by atoms with Crippen molar-refractivity contribution >= 4 is 18.3 Å². The fourth-order valence-corrected chi connectivity index (χ4v) is 4.67. The Morgan fingerprint density at radius 1 is 1.22 bits per heavy atom. The molecule has 2 fully saturated rings. The number of rotatable bonds is 3. The molecule has 27 heavy (non-hydrogen) atoms. The summed E-state index contributed by atoms with van der Waals surface area (Å²) in [6.07, 6.45) is 3.72. The standard InChI is InChI=1S/C19H31N5O2.ClH/c1-13-10-23(11-14(2)26-13)12-15-4-7-24(8-5-15)19(25)18-16-9-20-6-3-17(16)21-22-18;/h13-15,20H,3-12H2,1-2H3,(H,21,22);1H. The van der Waals surface area contributed by atoms with Crippen LogP contribution in [0.15, 0.2) is 0 Å². The molecule has 0 bridgehead atoms. The fourth-order valence-electron chi connectivity index (χ4n) is 4.67. The molecular weight excluding hydrogens is 366 g/mol. The number of carbonyl (C=O) groups excluding carboxylic acids is 1. The number of halogens is 1. The Balaban J connectivity index is 0.00000210. The van der Waals surface area contributed by atoms with Crippen LogP contribution in [-0.4, -0.2) is 77.4 Å². The number of morpholine rings is 1. The van der Waals surface area contributed by atoms with Crippen LogP contribution in [0.1, 0.15) is 48.4 Å². The van der Waals surface area contributed by atoms with Crippen LogP contribution in [-0.2, 0) is 17.7 Å². The van der Waals surface area contributed by atoms with Gasteiger partial charge in [-0.1, -0.05) is 0 Å². The van der Waals surface area contributed by atoms with Gasteiger partial charge in [-0.3, -0.25) is 14.8 Å². The minimum Gasteiger partial charge on any atom is -0.373 e. The third-order valence-electron chi connectivity index (χ3n) is 5.92. The number of fused-ring (bicyclic) bond motifs is 1. The van der Waals surface area contributed by atoms with E-state index in [0.29, 0.717) is 23.8 Å². The van der Waals surface area contributed by atoms with Crippen LogP contribution in [0.5, 0.6) is 0 Å². The first-order valence-electron chi connectivity index (χ1n) is 10.0. The van der Waals surface area contributed by atoms with Crippen LogP contribution in [0.3, 0.4) is 0 Å². The summed E-state index contributed by atoms with van der Waals surface area (Å²) in [4.78, 5) is 17.4. The maximum atomic E-state index is 12.9. The number of amides is 1. The zero-order chi connectivity index (χ0) is 18.1. The lowest BCUT2D eigenvalue weighted by atomic mass is 9.95. The maximum Gasteiger partial charge on any atom is 0.274 e. The predicted molar refractivity (Wildman–Crippen MR) is 106 cm³/mol. The Morgan fingerprint density at radius 3 is 2.63 bits per heavy atom. The van der Waals surface area contributed by atoms with E-state index in [1.165, 1.54) is 0 Å². The zero-order valence-electron chi connectivity index (χ0n) is 16.4. The number of nitrogens with zero attached hydrogens (tertiary/aromatic N) is 3. The summed E-state index contributed by atoms with van der Waals surface area (Å²) in [5, 5.41) is 10.7. The van der Waals surface area contributed by atoms with Crippen molar-refractivity contribution in [2.24, 2.45) is 5.92 Å². The first-order valence-corrected chi connectivity index (χ1v) is 10.0. The lowest BCUT2D eigenvalue weighted by Gasteiger charge is -2.39. The van der Waals surface area contributed by atoms with Crippen LogP contribution >= 0.6 is 12.4 Å². The molecule has 0 aromatic carbocycles. The molecule has 8 heteroatoms. The first kappa shape index (κ1) is 20.6. The van der Waals surface area contributed by atoms with Gasteiger partial charge in [-0.2, -0.15) is 5.10 Å². The molecule has 0 radical (unpaired) electrons. The van der Waals surface area contributed by atoms with Crippen molar-refractivity contribution in [3.63, 3.8) is 0 Å². The normalized spacial score (nSPS) is 27.1. The van der Waals surface area contributed by atoms with E-state index in [2.05, 4.69) is 34.3 Å². The lowest BCUT2D eigenvalue weighted by Crippen LogP contribution is -2.48. The number of H-pyrrole nitrogens is 1. The first-order chi connectivity index (χ1) is 12.6. The highest BCUT2D eigenvalue weighted by molar-refractivity contribution is 5.94. The van der Waals surface area contributed by atoms with Gasteiger partial charge in [0, 0.05) is 63.5 Å². The molecule has 2 saturated heterocycles. The molecule has 3 aliphatic heterocycles. The van der Waals surface area contributed by atoms with Crippen molar-refractivity contribution in [2.75, 3.05) is 39.3 Å². The molecule has 0 saturated carbocycles. The summed E-state index contributed by atoms with van der Waals surface area (Å²) in [5.74, 6) is 0.768. The van der Waals surface area contributed by atoms with Gasteiger partial charge in [0.05, 0.1) is 12.2 Å². The Kier molecular flexibility index (Phi) is 6.78. The minimum absolute atomic E-state index is 0. The molecular formula is C19H32ClN5O2. The van der Waals surface area contributed by atoms with Gasteiger partial charge in [-0.05, 0) is 32.6 Å². The van der Waals surface area contributed by atoms with Crippen LogP contribution < -0.4 is 5.32 Å². The van der Waals surface area contributed by atoms with E-state index in [9.17, 15) is 4.79 Å². The summed E-state index contributed by atoms with van der Waals surface area (Å²) < 4.78 is 5.83. The van der Waals surface area contributed by atoms with E-state index in [4.69, 9.17) is 4.74 Å². The molecule has 0 aliphatic carbocycles. The summed E-state index contributed by atoms with van der Waals surface area (Å²) in [7, 11) is 0. The van der Waals surface area contributed by atoms with E-state index in [0.717, 1.165) is 76.3 Å². The number of nitrogens with one attached hydrogen (secondary N) is 2. The number of ether oxygens (including phenoxy) is 1. The van der Waals surface area contributed by atoms with Gasteiger partial charge in [0.2, 0.25) is 0 Å². The molecule has 1 amide bonds. The van der Waals surface area contributed by atoms with Crippen molar-refractivity contribution in [2.45, 2.75) is 51.9 Å². The number of aromatic nitrogens is 2. The number of hydrogen-bond donors (Lipinski definition) is 2. The average molecular weight is 398 g/mol.